The molecule has 1 heterocycles. The van der Waals surface area contributed by atoms with Crippen LogP contribution in [-0.4, -0.2) is 5.91 Å². The van der Waals surface area contributed by atoms with Crippen LogP contribution in [0.4, 0.5) is 18.9 Å². The minimum atomic E-state index is -4.52. The standard InChI is InChI=1S/C11H9F3N2OS/c1-4-2-3-5(11(12,13)14)6-7(15)9(10(16)17)18-8(4)6/h2-3H,15H2,1H3,(H2,16,17). The molecule has 1 aromatic carbocycles. The molecule has 4 N–H and O–H groups in total. The number of primary amides is 1. The van der Waals surface area contributed by atoms with Gasteiger partial charge in [-0.05, 0) is 18.6 Å². The summed E-state index contributed by atoms with van der Waals surface area (Å²) < 4.78 is 39.0. The number of amides is 1. The number of halogens is 3. The van der Waals surface area contributed by atoms with Crippen LogP contribution in [0.1, 0.15) is 20.8 Å². The molecule has 1 amide bonds. The number of carbonyl (C=O) groups excluding carboxylic acids is 1. The number of carbonyl (C=O) groups is 1. The summed E-state index contributed by atoms with van der Waals surface area (Å²) in [4.78, 5) is 11.1. The highest BCUT2D eigenvalue weighted by molar-refractivity contribution is 7.21. The van der Waals surface area contributed by atoms with Gasteiger partial charge < -0.3 is 11.5 Å². The van der Waals surface area contributed by atoms with E-state index in [4.69, 9.17) is 11.5 Å². The van der Waals surface area contributed by atoms with Gasteiger partial charge >= 0.3 is 6.18 Å². The van der Waals surface area contributed by atoms with Gasteiger partial charge in [-0.3, -0.25) is 4.79 Å². The molecule has 0 spiro atoms. The zero-order chi connectivity index (χ0) is 13.7. The van der Waals surface area contributed by atoms with Crippen molar-refractivity contribution in [3.05, 3.63) is 28.1 Å². The van der Waals surface area contributed by atoms with Crippen LogP contribution in [-0.2, 0) is 6.18 Å². The Bertz CT molecular complexity index is 646. The summed E-state index contributed by atoms with van der Waals surface area (Å²) in [5.74, 6) is -0.818. The van der Waals surface area contributed by atoms with Gasteiger partial charge in [0.05, 0.1) is 11.3 Å². The van der Waals surface area contributed by atoms with Crippen molar-refractivity contribution in [2.75, 3.05) is 5.73 Å². The van der Waals surface area contributed by atoms with E-state index in [9.17, 15) is 18.0 Å². The minimum absolute atomic E-state index is 0.0372. The lowest BCUT2D eigenvalue weighted by Crippen LogP contribution is -2.11. The number of thiophene rings is 1. The topological polar surface area (TPSA) is 69.1 Å². The molecule has 0 unspecified atom stereocenters. The summed E-state index contributed by atoms with van der Waals surface area (Å²) in [7, 11) is 0. The number of nitrogen functional groups attached to an aromatic ring is 1. The molecule has 3 nitrogen and oxygen atoms in total. The van der Waals surface area contributed by atoms with Gasteiger partial charge in [-0.1, -0.05) is 6.07 Å². The maximum absolute atomic E-state index is 12.9. The molecule has 0 radical (unpaired) electrons. The molecule has 0 atom stereocenters. The highest BCUT2D eigenvalue weighted by Gasteiger charge is 2.35. The summed E-state index contributed by atoms with van der Waals surface area (Å²) in [6.45, 7) is 1.66. The first-order chi connectivity index (χ1) is 8.23. The van der Waals surface area contributed by atoms with Crippen molar-refractivity contribution < 1.29 is 18.0 Å². The molecule has 0 aliphatic carbocycles. The average Bonchev–Trinajstić information content (AvgIpc) is 2.56. The second-order valence-electron chi connectivity index (χ2n) is 3.84. The van der Waals surface area contributed by atoms with Gasteiger partial charge in [0.2, 0.25) is 0 Å². The van der Waals surface area contributed by atoms with Crippen LogP contribution in [0.3, 0.4) is 0 Å². The van der Waals surface area contributed by atoms with E-state index < -0.39 is 17.6 Å². The molecule has 18 heavy (non-hydrogen) atoms. The zero-order valence-electron chi connectivity index (χ0n) is 9.26. The normalized spacial score (nSPS) is 12.0. The number of alkyl halides is 3. The van der Waals surface area contributed by atoms with Gasteiger partial charge in [-0.25, -0.2) is 0 Å². The molecule has 1 aromatic heterocycles. The molecule has 7 heteroatoms. The molecular formula is C11H9F3N2OS. The minimum Gasteiger partial charge on any atom is -0.397 e. The quantitative estimate of drug-likeness (QED) is 0.839. The third-order valence-electron chi connectivity index (χ3n) is 2.60. The van der Waals surface area contributed by atoms with E-state index in [0.717, 1.165) is 17.4 Å². The monoisotopic (exact) mass is 274 g/mol. The van der Waals surface area contributed by atoms with Crippen molar-refractivity contribution in [3.8, 4) is 0 Å². The summed E-state index contributed by atoms with van der Waals surface area (Å²) in [5, 5.41) is -0.138. The van der Waals surface area contributed by atoms with Gasteiger partial charge in [0, 0.05) is 10.1 Å². The van der Waals surface area contributed by atoms with Crippen molar-refractivity contribution in [2.45, 2.75) is 13.1 Å². The number of hydrogen-bond donors (Lipinski definition) is 2. The van der Waals surface area contributed by atoms with E-state index in [1.807, 2.05) is 0 Å². The van der Waals surface area contributed by atoms with Gasteiger partial charge in [-0.2, -0.15) is 13.2 Å². The fourth-order valence-corrected chi connectivity index (χ4v) is 2.84. The summed E-state index contributed by atoms with van der Waals surface area (Å²) >= 11 is 0.889. The van der Waals surface area contributed by atoms with Crippen molar-refractivity contribution >= 4 is 33.0 Å². The van der Waals surface area contributed by atoms with Crippen molar-refractivity contribution in [3.63, 3.8) is 0 Å². The van der Waals surface area contributed by atoms with Crippen LogP contribution in [0.5, 0.6) is 0 Å². The molecule has 0 aliphatic heterocycles. The Kier molecular flexibility index (Phi) is 2.73. The van der Waals surface area contributed by atoms with Crippen LogP contribution in [0.25, 0.3) is 10.1 Å². The summed E-state index contributed by atoms with van der Waals surface area (Å²) in [6.07, 6.45) is -4.52. The molecule has 0 fully saturated rings. The Hall–Kier alpha value is -1.76. The SMILES string of the molecule is Cc1ccc(C(F)(F)F)c2c(N)c(C(N)=O)sc12. The van der Waals surface area contributed by atoms with E-state index >= 15 is 0 Å². The second kappa shape index (κ2) is 3.88. The van der Waals surface area contributed by atoms with E-state index in [1.54, 1.807) is 6.92 Å². The Morgan fingerprint density at radius 1 is 1.33 bits per heavy atom. The number of rotatable bonds is 1. The van der Waals surface area contributed by atoms with Crippen LogP contribution >= 0.6 is 11.3 Å². The van der Waals surface area contributed by atoms with E-state index in [-0.39, 0.29) is 16.0 Å². The van der Waals surface area contributed by atoms with Crippen LogP contribution < -0.4 is 11.5 Å². The second-order valence-corrected chi connectivity index (χ2v) is 4.86. The van der Waals surface area contributed by atoms with Crippen molar-refractivity contribution in [1.82, 2.24) is 0 Å². The molecule has 0 aliphatic rings. The number of hydrogen-bond acceptors (Lipinski definition) is 3. The predicted molar refractivity (Wildman–Crippen MR) is 64.5 cm³/mol. The molecule has 0 bridgehead atoms. The van der Waals surface area contributed by atoms with Crippen LogP contribution in [0, 0.1) is 6.92 Å². The van der Waals surface area contributed by atoms with Gasteiger partial charge in [0.1, 0.15) is 4.88 Å². The number of nitrogens with two attached hydrogens (primary N) is 2. The summed E-state index contributed by atoms with van der Waals surface area (Å²) in [6, 6.07) is 2.32. The fraction of sp³-hybridized carbons (Fsp3) is 0.182. The van der Waals surface area contributed by atoms with Crippen LogP contribution in [0.15, 0.2) is 12.1 Å². The first-order valence-electron chi connectivity index (χ1n) is 4.92. The third kappa shape index (κ3) is 1.80. The Morgan fingerprint density at radius 2 is 1.94 bits per heavy atom. The molecule has 0 saturated heterocycles. The maximum atomic E-state index is 12.9. The number of benzene rings is 1. The first-order valence-corrected chi connectivity index (χ1v) is 5.73. The first kappa shape index (κ1) is 12.7. The number of anilines is 1. The number of fused-ring (bicyclic) bond motifs is 1. The van der Waals surface area contributed by atoms with Crippen LogP contribution in [0.2, 0.25) is 0 Å². The average molecular weight is 274 g/mol. The molecular weight excluding hydrogens is 265 g/mol. The Balaban J connectivity index is 2.93. The summed E-state index contributed by atoms with van der Waals surface area (Å²) in [5.41, 5.74) is 10.3. The lowest BCUT2D eigenvalue weighted by molar-refractivity contribution is -0.136. The fourth-order valence-electron chi connectivity index (χ4n) is 1.78. The molecule has 2 rings (SSSR count). The van der Waals surface area contributed by atoms with Crippen molar-refractivity contribution in [1.29, 1.82) is 0 Å². The van der Waals surface area contributed by atoms with E-state index in [1.165, 1.54) is 6.07 Å². The lowest BCUT2D eigenvalue weighted by Gasteiger charge is -2.09. The van der Waals surface area contributed by atoms with Crippen molar-refractivity contribution in [2.24, 2.45) is 5.73 Å². The largest absolute Gasteiger partial charge is 0.417 e. The smallest absolute Gasteiger partial charge is 0.397 e. The highest BCUT2D eigenvalue weighted by Crippen LogP contribution is 2.43. The van der Waals surface area contributed by atoms with Gasteiger partial charge in [-0.15, -0.1) is 11.3 Å². The van der Waals surface area contributed by atoms with Gasteiger partial charge in [0.15, 0.2) is 0 Å². The lowest BCUT2D eigenvalue weighted by atomic mass is 10.1. The Labute approximate surface area is 104 Å². The third-order valence-corrected chi connectivity index (χ3v) is 3.96. The molecule has 2 aromatic rings. The highest BCUT2D eigenvalue weighted by atomic mass is 32.1. The molecule has 0 saturated carbocycles. The zero-order valence-corrected chi connectivity index (χ0v) is 10.1. The van der Waals surface area contributed by atoms with Gasteiger partial charge in [0.25, 0.3) is 5.91 Å². The van der Waals surface area contributed by atoms with E-state index in [2.05, 4.69) is 0 Å². The Morgan fingerprint density at radius 3 is 2.44 bits per heavy atom. The maximum Gasteiger partial charge on any atom is 0.417 e. The van der Waals surface area contributed by atoms with E-state index in [0.29, 0.717) is 10.3 Å². The predicted octanol–water partition coefficient (Wildman–Crippen LogP) is 2.91. The number of aryl methyl sites for hydroxylation is 1. The molecule has 96 valence electrons.